The largest absolute Gasteiger partial charge is 0.394 e. The molecule has 0 spiro atoms. The van der Waals surface area contributed by atoms with Gasteiger partial charge in [-0.2, -0.15) is 0 Å². The summed E-state index contributed by atoms with van der Waals surface area (Å²) in [6.07, 6.45) is 4.54. The predicted molar refractivity (Wildman–Crippen MR) is 124 cm³/mol. The number of aliphatic hydroxyl groups excluding tert-OH is 1. The fraction of sp³-hybridized carbons (Fsp3) is 0.542. The van der Waals surface area contributed by atoms with Crippen LogP contribution < -0.4 is 10.6 Å². The van der Waals surface area contributed by atoms with Gasteiger partial charge in [0, 0.05) is 23.7 Å². The van der Waals surface area contributed by atoms with Gasteiger partial charge in [0.25, 0.3) is 0 Å². The third-order valence-electron chi connectivity index (χ3n) is 6.98. The number of anilines is 1. The van der Waals surface area contributed by atoms with Crippen molar-refractivity contribution in [3.63, 3.8) is 0 Å². The molecule has 3 rings (SSSR count). The summed E-state index contributed by atoms with van der Waals surface area (Å²) in [5.41, 5.74) is 0.565. The van der Waals surface area contributed by atoms with E-state index in [-0.39, 0.29) is 36.2 Å². The zero-order chi connectivity index (χ0) is 23.6. The highest BCUT2D eigenvalue weighted by Gasteiger charge is 2.58. The maximum absolute atomic E-state index is 13.8. The van der Waals surface area contributed by atoms with Crippen LogP contribution in [0.5, 0.6) is 0 Å². The summed E-state index contributed by atoms with van der Waals surface area (Å²) >= 11 is 5.95. The Morgan fingerprint density at radius 1 is 1.19 bits per heavy atom. The molecule has 1 aliphatic carbocycles. The number of carbonyl (C=O) groups is 3. The summed E-state index contributed by atoms with van der Waals surface area (Å²) in [5, 5.41) is 16.3. The van der Waals surface area contributed by atoms with E-state index in [0.717, 1.165) is 6.42 Å². The van der Waals surface area contributed by atoms with Crippen LogP contribution in [0.25, 0.3) is 0 Å². The lowest BCUT2D eigenvalue weighted by molar-refractivity contribution is -0.143. The minimum absolute atomic E-state index is 0.0187. The lowest BCUT2D eigenvalue weighted by Gasteiger charge is -2.36. The molecule has 1 aromatic rings. The molecule has 0 aromatic heterocycles. The van der Waals surface area contributed by atoms with Crippen molar-refractivity contribution in [2.45, 2.75) is 39.3 Å². The van der Waals surface area contributed by atoms with Gasteiger partial charge < -0.3 is 20.6 Å². The lowest BCUT2D eigenvalue weighted by Crippen LogP contribution is -2.52. The van der Waals surface area contributed by atoms with E-state index >= 15 is 0 Å². The molecule has 0 saturated carbocycles. The molecule has 8 heteroatoms. The monoisotopic (exact) mass is 461 g/mol. The van der Waals surface area contributed by atoms with Crippen LogP contribution in [0.4, 0.5) is 5.69 Å². The van der Waals surface area contributed by atoms with Crippen molar-refractivity contribution in [1.82, 2.24) is 10.2 Å². The Hall–Kier alpha value is -2.38. The second-order valence-corrected chi connectivity index (χ2v) is 9.25. The highest BCUT2D eigenvalue weighted by atomic mass is 35.5. The number of hydrogen-bond donors (Lipinski definition) is 3. The molecule has 7 nitrogen and oxygen atoms in total. The number of nitrogens with one attached hydrogen (secondary N) is 2. The Bertz CT molecular complexity index is 888. The van der Waals surface area contributed by atoms with Crippen LogP contribution in [0.3, 0.4) is 0 Å². The second-order valence-electron chi connectivity index (χ2n) is 8.81. The summed E-state index contributed by atoms with van der Waals surface area (Å²) in [4.78, 5) is 41.5. The van der Waals surface area contributed by atoms with E-state index in [1.807, 2.05) is 32.9 Å². The maximum Gasteiger partial charge on any atom is 0.247 e. The molecule has 0 radical (unpaired) electrons. The molecule has 1 heterocycles. The average Bonchev–Trinajstić information content (AvgIpc) is 3.07. The molecule has 3 N–H and O–H groups in total. The van der Waals surface area contributed by atoms with Crippen LogP contribution in [-0.4, -0.2) is 53.5 Å². The quantitative estimate of drug-likeness (QED) is 0.543. The van der Waals surface area contributed by atoms with Crippen LogP contribution in [-0.2, 0) is 14.4 Å². The lowest BCUT2D eigenvalue weighted by atomic mass is 9.70. The molecular weight excluding hydrogens is 430 g/mol. The standard InChI is InChI=1S/C24H32ClN3O4/c1-5-13(2)18(12-29)28-21(23(31)27-16-9-7-15(25)8-10-16)17-11-6-14(3)19(22(30)26-4)20(17)24(28)32/h6-11,13-14,17-21,29H,5,12H2,1-4H3,(H,26,30)(H,27,31)/t13-,14+,17-,18-,19+,20+,21-/m0/s1. The van der Waals surface area contributed by atoms with E-state index in [0.29, 0.717) is 10.7 Å². The molecule has 32 heavy (non-hydrogen) atoms. The van der Waals surface area contributed by atoms with Gasteiger partial charge in [-0.1, -0.05) is 50.9 Å². The van der Waals surface area contributed by atoms with Crippen LogP contribution in [0.15, 0.2) is 36.4 Å². The number of carbonyl (C=O) groups excluding carboxylic acids is 3. The van der Waals surface area contributed by atoms with Crippen molar-refractivity contribution in [3.05, 3.63) is 41.4 Å². The first kappa shape index (κ1) is 24.3. The van der Waals surface area contributed by atoms with Gasteiger partial charge in [-0.25, -0.2) is 0 Å². The molecule has 2 aliphatic rings. The molecule has 174 valence electrons. The maximum atomic E-state index is 13.8. The second kappa shape index (κ2) is 10.0. The number of benzene rings is 1. The van der Waals surface area contributed by atoms with Gasteiger partial charge in [0.15, 0.2) is 0 Å². The summed E-state index contributed by atoms with van der Waals surface area (Å²) in [6, 6.07) is 5.40. The minimum Gasteiger partial charge on any atom is -0.394 e. The molecule has 3 amide bonds. The molecule has 1 fully saturated rings. The van der Waals surface area contributed by atoms with Crippen molar-refractivity contribution in [2.24, 2.45) is 29.6 Å². The van der Waals surface area contributed by atoms with E-state index in [1.165, 1.54) is 4.90 Å². The van der Waals surface area contributed by atoms with Crippen molar-refractivity contribution in [1.29, 1.82) is 0 Å². The van der Waals surface area contributed by atoms with Gasteiger partial charge in [-0.05, 0) is 36.1 Å². The molecular formula is C24H32ClN3O4. The van der Waals surface area contributed by atoms with Gasteiger partial charge in [0.05, 0.1) is 24.5 Å². The number of rotatable bonds is 7. The Kier molecular flexibility index (Phi) is 7.62. The number of aliphatic hydroxyl groups is 1. The molecule has 7 atom stereocenters. The predicted octanol–water partition coefficient (Wildman–Crippen LogP) is 2.70. The highest BCUT2D eigenvalue weighted by Crippen LogP contribution is 2.45. The third kappa shape index (κ3) is 4.41. The molecule has 1 aromatic carbocycles. The van der Waals surface area contributed by atoms with Crippen LogP contribution in [0.2, 0.25) is 5.02 Å². The average molecular weight is 462 g/mol. The molecule has 1 saturated heterocycles. The molecule has 1 aliphatic heterocycles. The fourth-order valence-electron chi connectivity index (χ4n) is 5.03. The highest BCUT2D eigenvalue weighted by molar-refractivity contribution is 6.30. The topological polar surface area (TPSA) is 98.7 Å². The van der Waals surface area contributed by atoms with E-state index in [2.05, 4.69) is 10.6 Å². The fourth-order valence-corrected chi connectivity index (χ4v) is 5.15. The van der Waals surface area contributed by atoms with E-state index in [1.54, 1.807) is 31.3 Å². The van der Waals surface area contributed by atoms with Crippen LogP contribution >= 0.6 is 11.6 Å². The van der Waals surface area contributed by atoms with Crippen molar-refractivity contribution >= 4 is 35.0 Å². The van der Waals surface area contributed by atoms with Crippen LogP contribution in [0, 0.1) is 29.6 Å². The van der Waals surface area contributed by atoms with Gasteiger partial charge in [0.1, 0.15) is 6.04 Å². The first-order valence-electron chi connectivity index (χ1n) is 11.1. The number of hydrogen-bond acceptors (Lipinski definition) is 4. The van der Waals surface area contributed by atoms with E-state index in [4.69, 9.17) is 11.6 Å². The minimum atomic E-state index is -0.828. The molecule has 0 unspecified atom stereocenters. The number of halogens is 1. The van der Waals surface area contributed by atoms with Crippen molar-refractivity contribution in [2.75, 3.05) is 19.0 Å². The van der Waals surface area contributed by atoms with E-state index in [9.17, 15) is 19.5 Å². The Morgan fingerprint density at radius 2 is 1.84 bits per heavy atom. The summed E-state index contributed by atoms with van der Waals surface area (Å²) < 4.78 is 0. The van der Waals surface area contributed by atoms with Crippen molar-refractivity contribution in [3.8, 4) is 0 Å². The normalized spacial score (nSPS) is 28.8. The smallest absolute Gasteiger partial charge is 0.247 e. The van der Waals surface area contributed by atoms with Crippen LogP contribution in [0.1, 0.15) is 27.2 Å². The zero-order valence-electron chi connectivity index (χ0n) is 18.9. The Balaban J connectivity index is 2.04. The summed E-state index contributed by atoms with van der Waals surface area (Å²) in [5.74, 6) is -2.67. The molecule has 0 bridgehead atoms. The summed E-state index contributed by atoms with van der Waals surface area (Å²) in [7, 11) is 1.56. The van der Waals surface area contributed by atoms with E-state index < -0.39 is 29.8 Å². The number of likely N-dealkylation sites (tertiary alicyclic amines) is 1. The van der Waals surface area contributed by atoms with Gasteiger partial charge >= 0.3 is 0 Å². The first-order valence-corrected chi connectivity index (χ1v) is 11.5. The number of allylic oxidation sites excluding steroid dienone is 1. The van der Waals surface area contributed by atoms with Crippen molar-refractivity contribution < 1.29 is 19.5 Å². The van der Waals surface area contributed by atoms with Gasteiger partial charge in [0.2, 0.25) is 17.7 Å². The number of amides is 3. The SMILES string of the molecule is CC[C@H](C)[C@H](CO)N1C(=O)[C@@H]2[C@H](C=C[C@@H](C)[C@H]2C(=O)NC)[C@H]1C(=O)Nc1ccc(Cl)cc1. The van der Waals surface area contributed by atoms with Gasteiger partial charge in [-0.3, -0.25) is 14.4 Å². The van der Waals surface area contributed by atoms with Gasteiger partial charge in [-0.15, -0.1) is 0 Å². The Morgan fingerprint density at radius 3 is 2.41 bits per heavy atom. The number of fused-ring (bicyclic) bond motifs is 1. The zero-order valence-corrected chi connectivity index (χ0v) is 19.7. The first-order chi connectivity index (χ1) is 15.2. The third-order valence-corrected chi connectivity index (χ3v) is 7.24. The Labute approximate surface area is 194 Å². The summed E-state index contributed by atoms with van der Waals surface area (Å²) in [6.45, 7) is 5.59. The number of nitrogens with zero attached hydrogens (tertiary/aromatic N) is 1.